The minimum absolute atomic E-state index is 0.00165. The van der Waals surface area contributed by atoms with E-state index >= 15 is 0 Å². The molecule has 144 valence electrons. The van der Waals surface area contributed by atoms with E-state index in [4.69, 9.17) is 0 Å². The monoisotopic (exact) mass is 376 g/mol. The van der Waals surface area contributed by atoms with Crippen LogP contribution < -0.4 is 10.6 Å². The highest BCUT2D eigenvalue weighted by atomic mass is 19.1. The fraction of sp³-hybridized carbons (Fsp3) is 0.208. The van der Waals surface area contributed by atoms with Crippen molar-refractivity contribution in [3.63, 3.8) is 0 Å². The Kier molecular flexibility index (Phi) is 6.43. The normalized spacial score (nSPS) is 12.8. The molecule has 2 atom stereocenters. The molecule has 0 fully saturated rings. The van der Waals surface area contributed by atoms with Gasteiger partial charge in [0, 0.05) is 11.7 Å². The molecule has 3 aromatic carbocycles. The molecule has 3 rings (SSSR count). The zero-order valence-corrected chi connectivity index (χ0v) is 16.2. The largest absolute Gasteiger partial charge is 0.335 e. The summed E-state index contributed by atoms with van der Waals surface area (Å²) in [6, 6.07) is 24.0. The van der Waals surface area contributed by atoms with Crippen LogP contribution in [-0.2, 0) is 6.42 Å². The Morgan fingerprint density at radius 3 is 2.32 bits per heavy atom. The molecule has 0 aliphatic rings. The fourth-order valence-corrected chi connectivity index (χ4v) is 3.17. The first-order valence-electron chi connectivity index (χ1n) is 9.43. The van der Waals surface area contributed by atoms with Crippen LogP contribution in [0.3, 0.4) is 0 Å². The standard InChI is InChI=1S/C24H25FN2O/c1-17-7-6-10-21(15-17)23(25)20-11-13-22(14-12-20)27-24(28)26-18(2)16-19-8-4-3-5-9-19/h3-15,18,23H,16H2,1-2H3,(H2,26,27,28). The second-order valence-corrected chi connectivity index (χ2v) is 7.09. The molecule has 0 bridgehead atoms. The third kappa shape index (κ3) is 5.43. The number of carbonyl (C=O) groups excluding carboxylic acids is 1. The van der Waals surface area contributed by atoms with Gasteiger partial charge in [-0.15, -0.1) is 0 Å². The summed E-state index contributed by atoms with van der Waals surface area (Å²) in [4.78, 5) is 12.2. The highest BCUT2D eigenvalue weighted by Gasteiger charge is 2.13. The van der Waals surface area contributed by atoms with Gasteiger partial charge in [0.1, 0.15) is 0 Å². The van der Waals surface area contributed by atoms with Crippen LogP contribution in [0.25, 0.3) is 0 Å². The Bertz CT molecular complexity index is 909. The van der Waals surface area contributed by atoms with Crippen molar-refractivity contribution in [3.8, 4) is 0 Å². The number of urea groups is 1. The highest BCUT2D eigenvalue weighted by molar-refractivity contribution is 5.89. The number of carbonyl (C=O) groups is 1. The van der Waals surface area contributed by atoms with E-state index in [1.807, 2.05) is 62.4 Å². The molecule has 3 aromatic rings. The lowest BCUT2D eigenvalue weighted by molar-refractivity contribution is 0.249. The van der Waals surface area contributed by atoms with E-state index in [0.717, 1.165) is 12.0 Å². The first kappa shape index (κ1) is 19.6. The van der Waals surface area contributed by atoms with Crippen molar-refractivity contribution in [2.45, 2.75) is 32.5 Å². The first-order valence-corrected chi connectivity index (χ1v) is 9.43. The average molecular weight is 376 g/mol. The molecule has 2 unspecified atom stereocenters. The van der Waals surface area contributed by atoms with Crippen LogP contribution in [0, 0.1) is 6.92 Å². The van der Waals surface area contributed by atoms with E-state index in [1.165, 1.54) is 5.56 Å². The molecular weight excluding hydrogens is 351 g/mol. The van der Waals surface area contributed by atoms with Crippen molar-refractivity contribution >= 4 is 11.7 Å². The maximum atomic E-state index is 14.7. The topological polar surface area (TPSA) is 41.1 Å². The Hall–Kier alpha value is -3.14. The van der Waals surface area contributed by atoms with E-state index < -0.39 is 6.17 Å². The molecule has 4 heteroatoms. The fourth-order valence-electron chi connectivity index (χ4n) is 3.17. The molecule has 28 heavy (non-hydrogen) atoms. The van der Waals surface area contributed by atoms with Gasteiger partial charge in [-0.25, -0.2) is 9.18 Å². The van der Waals surface area contributed by atoms with Gasteiger partial charge < -0.3 is 10.6 Å². The molecule has 0 saturated heterocycles. The number of hydrogen-bond donors (Lipinski definition) is 2. The number of rotatable bonds is 6. The van der Waals surface area contributed by atoms with Crippen LogP contribution in [0.5, 0.6) is 0 Å². The van der Waals surface area contributed by atoms with Crippen molar-refractivity contribution in [2.75, 3.05) is 5.32 Å². The third-order valence-electron chi connectivity index (χ3n) is 4.56. The Balaban J connectivity index is 1.55. The maximum absolute atomic E-state index is 14.7. The molecule has 2 N–H and O–H groups in total. The zero-order chi connectivity index (χ0) is 19.9. The number of halogens is 1. The average Bonchev–Trinajstić information content (AvgIpc) is 2.68. The van der Waals surface area contributed by atoms with Crippen LogP contribution in [-0.4, -0.2) is 12.1 Å². The van der Waals surface area contributed by atoms with Crippen LogP contribution in [0.1, 0.15) is 35.3 Å². The zero-order valence-electron chi connectivity index (χ0n) is 16.2. The van der Waals surface area contributed by atoms with E-state index in [0.29, 0.717) is 16.8 Å². The van der Waals surface area contributed by atoms with Crippen LogP contribution in [0.15, 0.2) is 78.9 Å². The smallest absolute Gasteiger partial charge is 0.319 e. The summed E-state index contributed by atoms with van der Waals surface area (Å²) in [5.74, 6) is 0. The highest BCUT2D eigenvalue weighted by Crippen LogP contribution is 2.27. The molecule has 0 aliphatic heterocycles. The van der Waals surface area contributed by atoms with E-state index in [1.54, 1.807) is 30.3 Å². The molecule has 0 saturated carbocycles. The van der Waals surface area contributed by atoms with Crippen molar-refractivity contribution < 1.29 is 9.18 Å². The summed E-state index contributed by atoms with van der Waals surface area (Å²) in [6.07, 6.45) is -0.429. The third-order valence-corrected chi connectivity index (χ3v) is 4.56. The summed E-state index contributed by atoms with van der Waals surface area (Å²) in [5, 5.41) is 5.72. The number of hydrogen-bond acceptors (Lipinski definition) is 1. The number of amides is 2. The summed E-state index contributed by atoms with van der Waals surface area (Å²) in [7, 11) is 0. The first-order chi connectivity index (χ1) is 13.5. The molecule has 0 aliphatic carbocycles. The summed E-state index contributed by atoms with van der Waals surface area (Å²) in [5.41, 5.74) is 4.02. The number of aryl methyl sites for hydroxylation is 1. The molecule has 0 spiro atoms. The molecule has 0 heterocycles. The Labute approximate surface area is 165 Å². The Morgan fingerprint density at radius 2 is 1.64 bits per heavy atom. The minimum atomic E-state index is -1.19. The molecular formula is C24H25FN2O. The van der Waals surface area contributed by atoms with Gasteiger partial charge >= 0.3 is 6.03 Å². The number of anilines is 1. The Morgan fingerprint density at radius 1 is 0.929 bits per heavy atom. The summed E-state index contributed by atoms with van der Waals surface area (Å²) >= 11 is 0. The quantitative estimate of drug-likeness (QED) is 0.560. The lowest BCUT2D eigenvalue weighted by Gasteiger charge is -2.15. The summed E-state index contributed by atoms with van der Waals surface area (Å²) in [6.45, 7) is 3.91. The van der Waals surface area contributed by atoms with Crippen LogP contribution in [0.2, 0.25) is 0 Å². The van der Waals surface area contributed by atoms with Gasteiger partial charge in [-0.05, 0) is 49.1 Å². The second kappa shape index (κ2) is 9.18. The van der Waals surface area contributed by atoms with Gasteiger partial charge in [-0.2, -0.15) is 0 Å². The lowest BCUT2D eigenvalue weighted by atomic mass is 10.0. The number of nitrogens with one attached hydrogen (secondary N) is 2. The molecule has 2 amide bonds. The summed E-state index contributed by atoms with van der Waals surface area (Å²) < 4.78 is 14.7. The van der Waals surface area contributed by atoms with E-state index in [-0.39, 0.29) is 12.1 Å². The maximum Gasteiger partial charge on any atom is 0.319 e. The second-order valence-electron chi connectivity index (χ2n) is 7.09. The van der Waals surface area contributed by atoms with Gasteiger partial charge in [0.15, 0.2) is 6.17 Å². The van der Waals surface area contributed by atoms with Gasteiger partial charge in [0.25, 0.3) is 0 Å². The van der Waals surface area contributed by atoms with Crippen LogP contribution >= 0.6 is 0 Å². The predicted molar refractivity (Wildman–Crippen MR) is 112 cm³/mol. The van der Waals surface area contributed by atoms with E-state index in [2.05, 4.69) is 10.6 Å². The van der Waals surface area contributed by atoms with Gasteiger partial charge in [-0.1, -0.05) is 72.3 Å². The van der Waals surface area contributed by atoms with Crippen LogP contribution in [0.4, 0.5) is 14.9 Å². The molecule has 0 aromatic heterocycles. The van der Waals surface area contributed by atoms with Gasteiger partial charge in [0.05, 0.1) is 0 Å². The molecule has 0 radical (unpaired) electrons. The van der Waals surface area contributed by atoms with Gasteiger partial charge in [0.2, 0.25) is 0 Å². The predicted octanol–water partition coefficient (Wildman–Crippen LogP) is 5.81. The van der Waals surface area contributed by atoms with Gasteiger partial charge in [-0.3, -0.25) is 0 Å². The van der Waals surface area contributed by atoms with Crippen molar-refractivity contribution in [1.82, 2.24) is 5.32 Å². The van der Waals surface area contributed by atoms with E-state index in [9.17, 15) is 9.18 Å². The lowest BCUT2D eigenvalue weighted by Crippen LogP contribution is -2.37. The van der Waals surface area contributed by atoms with Crippen molar-refractivity contribution in [2.24, 2.45) is 0 Å². The molecule has 3 nitrogen and oxygen atoms in total. The SMILES string of the molecule is Cc1cccc(C(F)c2ccc(NC(=O)NC(C)Cc3ccccc3)cc2)c1. The van der Waals surface area contributed by atoms with Crippen molar-refractivity contribution in [3.05, 3.63) is 101 Å². The number of alkyl halides is 1. The van der Waals surface area contributed by atoms with Crippen molar-refractivity contribution in [1.29, 1.82) is 0 Å². The minimum Gasteiger partial charge on any atom is -0.335 e. The number of benzene rings is 3.